The standard InChI is InChI=1S/C47H31N/c1-28-27-42(29(2)26-41(28)33-24-25-48-43-17-8-7-12-34(33)43)47-37-15-5-3-13-35(37)46(36-14-4-6-16-38(36)47)40-23-21-32-19-18-30-10-9-11-31-20-22-39(40)45(32)44(30)31/h3-27H,1-2H3. The minimum atomic E-state index is 1.02. The van der Waals surface area contributed by atoms with Crippen LogP contribution >= 0.6 is 0 Å². The highest BCUT2D eigenvalue weighted by molar-refractivity contribution is 6.29. The Morgan fingerprint density at radius 1 is 0.354 bits per heavy atom. The molecule has 0 spiro atoms. The number of fused-ring (bicyclic) bond motifs is 3. The van der Waals surface area contributed by atoms with Gasteiger partial charge >= 0.3 is 0 Å². The molecule has 1 heterocycles. The number of aromatic nitrogens is 1. The Bertz CT molecular complexity index is 2830. The zero-order chi connectivity index (χ0) is 31.9. The van der Waals surface area contributed by atoms with Gasteiger partial charge in [-0.15, -0.1) is 0 Å². The summed E-state index contributed by atoms with van der Waals surface area (Å²) < 4.78 is 0. The van der Waals surface area contributed by atoms with Crippen molar-refractivity contribution >= 4 is 64.8 Å². The number of rotatable bonds is 3. The van der Waals surface area contributed by atoms with Crippen LogP contribution in [-0.4, -0.2) is 4.98 Å². The van der Waals surface area contributed by atoms with Gasteiger partial charge in [0.1, 0.15) is 0 Å². The number of hydrogen-bond donors (Lipinski definition) is 0. The smallest absolute Gasteiger partial charge is 0.0708 e. The average Bonchev–Trinajstić information content (AvgIpc) is 3.13. The van der Waals surface area contributed by atoms with Gasteiger partial charge in [-0.25, -0.2) is 0 Å². The molecule has 0 amide bonds. The largest absolute Gasteiger partial charge is 0.256 e. The molecule has 1 nitrogen and oxygen atoms in total. The summed E-state index contributed by atoms with van der Waals surface area (Å²) in [6.07, 6.45) is 1.93. The van der Waals surface area contributed by atoms with Crippen LogP contribution in [-0.2, 0) is 0 Å². The monoisotopic (exact) mass is 609 g/mol. The molecule has 0 aliphatic carbocycles. The van der Waals surface area contributed by atoms with E-state index in [2.05, 4.69) is 164 Å². The SMILES string of the molecule is Cc1cc(-c2c3ccccc3c(-c3ccc4ccc5cccc6ccc3c4c56)c3ccccc23)c(C)cc1-c1ccnc2ccccc12. The molecule has 1 aromatic heterocycles. The number of hydrogen-bond acceptors (Lipinski definition) is 1. The molecule has 9 aromatic carbocycles. The predicted octanol–water partition coefficient (Wildman–Crippen LogP) is 13.1. The molecular formula is C47H31N. The van der Waals surface area contributed by atoms with Crippen molar-refractivity contribution in [2.75, 3.05) is 0 Å². The van der Waals surface area contributed by atoms with Crippen molar-refractivity contribution < 1.29 is 0 Å². The van der Waals surface area contributed by atoms with Crippen molar-refractivity contribution in [2.24, 2.45) is 0 Å². The van der Waals surface area contributed by atoms with Crippen LogP contribution in [0.5, 0.6) is 0 Å². The van der Waals surface area contributed by atoms with Gasteiger partial charge in [-0.1, -0.05) is 133 Å². The van der Waals surface area contributed by atoms with E-state index in [9.17, 15) is 0 Å². The lowest BCUT2D eigenvalue weighted by molar-refractivity contribution is 1.38. The summed E-state index contributed by atoms with van der Waals surface area (Å²) in [5.74, 6) is 0. The highest BCUT2D eigenvalue weighted by atomic mass is 14.6. The molecule has 0 radical (unpaired) electrons. The summed E-state index contributed by atoms with van der Waals surface area (Å²) in [7, 11) is 0. The lowest BCUT2D eigenvalue weighted by Crippen LogP contribution is -1.95. The van der Waals surface area contributed by atoms with Gasteiger partial charge in [-0.3, -0.25) is 4.98 Å². The van der Waals surface area contributed by atoms with E-state index >= 15 is 0 Å². The van der Waals surface area contributed by atoms with Crippen LogP contribution in [0.15, 0.2) is 152 Å². The molecule has 224 valence electrons. The fourth-order valence-electron chi connectivity index (χ4n) is 8.37. The van der Waals surface area contributed by atoms with E-state index in [4.69, 9.17) is 0 Å². The van der Waals surface area contributed by atoms with Gasteiger partial charge in [-0.05, 0) is 124 Å². The Balaban J connectivity index is 1.27. The Kier molecular flexibility index (Phi) is 5.77. The first-order valence-corrected chi connectivity index (χ1v) is 16.7. The topological polar surface area (TPSA) is 12.9 Å². The second-order valence-electron chi connectivity index (χ2n) is 13.2. The van der Waals surface area contributed by atoms with E-state index in [0.717, 1.165) is 5.52 Å². The minimum Gasteiger partial charge on any atom is -0.256 e. The minimum absolute atomic E-state index is 1.02. The van der Waals surface area contributed by atoms with Crippen molar-refractivity contribution in [3.8, 4) is 33.4 Å². The number of aryl methyl sites for hydroxylation is 2. The summed E-state index contributed by atoms with van der Waals surface area (Å²) in [5, 5.41) is 14.2. The van der Waals surface area contributed by atoms with Crippen molar-refractivity contribution in [3.63, 3.8) is 0 Å². The molecule has 0 aliphatic rings. The predicted molar refractivity (Wildman–Crippen MR) is 206 cm³/mol. The van der Waals surface area contributed by atoms with Gasteiger partial charge in [0.05, 0.1) is 5.52 Å². The second kappa shape index (κ2) is 10.2. The number of para-hydroxylation sites is 1. The molecule has 48 heavy (non-hydrogen) atoms. The van der Waals surface area contributed by atoms with Crippen molar-refractivity contribution in [1.29, 1.82) is 0 Å². The highest BCUT2D eigenvalue weighted by Gasteiger charge is 2.21. The number of benzene rings is 9. The molecule has 0 saturated heterocycles. The molecule has 0 bridgehead atoms. The molecule has 0 saturated carbocycles. The van der Waals surface area contributed by atoms with Crippen LogP contribution in [0.3, 0.4) is 0 Å². The average molecular weight is 610 g/mol. The Morgan fingerprint density at radius 3 is 1.56 bits per heavy atom. The fourth-order valence-corrected chi connectivity index (χ4v) is 8.37. The molecular weight excluding hydrogens is 579 g/mol. The maximum atomic E-state index is 4.63. The van der Waals surface area contributed by atoms with Gasteiger partial charge in [0, 0.05) is 11.6 Å². The van der Waals surface area contributed by atoms with Crippen LogP contribution in [0.4, 0.5) is 0 Å². The highest BCUT2D eigenvalue weighted by Crippen LogP contribution is 2.48. The molecule has 0 N–H and O–H groups in total. The van der Waals surface area contributed by atoms with Gasteiger partial charge in [0.25, 0.3) is 0 Å². The second-order valence-corrected chi connectivity index (χ2v) is 13.2. The van der Waals surface area contributed by atoms with Crippen LogP contribution < -0.4 is 0 Å². The van der Waals surface area contributed by atoms with E-state index in [1.165, 1.54) is 104 Å². The van der Waals surface area contributed by atoms with Crippen LogP contribution in [0.1, 0.15) is 11.1 Å². The third-order valence-corrected chi connectivity index (χ3v) is 10.5. The molecule has 10 rings (SSSR count). The van der Waals surface area contributed by atoms with Crippen molar-refractivity contribution in [1.82, 2.24) is 4.98 Å². The summed E-state index contributed by atoms with van der Waals surface area (Å²) in [4.78, 5) is 4.63. The maximum Gasteiger partial charge on any atom is 0.0708 e. The normalized spacial score (nSPS) is 12.0. The Morgan fingerprint density at radius 2 is 0.875 bits per heavy atom. The number of pyridine rings is 1. The third kappa shape index (κ3) is 3.82. The first-order valence-electron chi connectivity index (χ1n) is 16.7. The first kappa shape index (κ1) is 27.1. The summed E-state index contributed by atoms with van der Waals surface area (Å²) in [6.45, 7) is 4.51. The van der Waals surface area contributed by atoms with Gasteiger partial charge in [0.15, 0.2) is 0 Å². The Labute approximate surface area is 279 Å². The Hall–Kier alpha value is -6.05. The van der Waals surface area contributed by atoms with Crippen LogP contribution in [0, 0.1) is 13.8 Å². The van der Waals surface area contributed by atoms with E-state index in [1.54, 1.807) is 0 Å². The van der Waals surface area contributed by atoms with Crippen LogP contribution in [0.25, 0.3) is 98.1 Å². The fraction of sp³-hybridized carbons (Fsp3) is 0.0426. The van der Waals surface area contributed by atoms with E-state index in [1.807, 2.05) is 6.20 Å². The van der Waals surface area contributed by atoms with Gasteiger partial charge in [-0.2, -0.15) is 0 Å². The van der Waals surface area contributed by atoms with Crippen molar-refractivity contribution in [3.05, 3.63) is 163 Å². The number of nitrogens with zero attached hydrogens (tertiary/aromatic N) is 1. The quantitative estimate of drug-likeness (QED) is 0.143. The van der Waals surface area contributed by atoms with E-state index < -0.39 is 0 Å². The lowest BCUT2D eigenvalue weighted by Gasteiger charge is -2.21. The van der Waals surface area contributed by atoms with E-state index in [0.29, 0.717) is 0 Å². The molecule has 10 aromatic rings. The zero-order valence-electron chi connectivity index (χ0n) is 26.9. The molecule has 0 unspecified atom stereocenters. The van der Waals surface area contributed by atoms with E-state index in [-0.39, 0.29) is 0 Å². The summed E-state index contributed by atoms with van der Waals surface area (Å²) in [6, 6.07) is 53.9. The summed E-state index contributed by atoms with van der Waals surface area (Å²) in [5.41, 5.74) is 11.2. The lowest BCUT2D eigenvalue weighted by atomic mass is 9.82. The zero-order valence-corrected chi connectivity index (χ0v) is 26.9. The molecule has 0 aliphatic heterocycles. The molecule has 1 heteroatoms. The maximum absolute atomic E-state index is 4.63. The van der Waals surface area contributed by atoms with Crippen LogP contribution in [0.2, 0.25) is 0 Å². The first-order chi connectivity index (χ1) is 23.7. The van der Waals surface area contributed by atoms with Gasteiger partial charge in [0.2, 0.25) is 0 Å². The molecule has 0 fully saturated rings. The molecule has 0 atom stereocenters. The third-order valence-electron chi connectivity index (χ3n) is 10.5. The summed E-state index contributed by atoms with van der Waals surface area (Å²) >= 11 is 0. The van der Waals surface area contributed by atoms with Crippen molar-refractivity contribution in [2.45, 2.75) is 13.8 Å². The van der Waals surface area contributed by atoms with Gasteiger partial charge < -0.3 is 0 Å².